The Morgan fingerprint density at radius 3 is 3.05 bits per heavy atom. The normalized spacial score (nSPS) is 12.5. The van der Waals surface area contributed by atoms with Crippen LogP contribution in [0.15, 0.2) is 18.3 Å². The number of ether oxygens (including phenoxy) is 1. The molecule has 106 valence electrons. The van der Waals surface area contributed by atoms with Crippen molar-refractivity contribution in [1.29, 1.82) is 0 Å². The molecular weight excluding hydrogens is 270 g/mol. The number of pyridine rings is 1. The molecule has 1 aromatic rings. The van der Waals surface area contributed by atoms with Gasteiger partial charge in [0.05, 0.1) is 24.9 Å². The summed E-state index contributed by atoms with van der Waals surface area (Å²) in [6.45, 7) is 0.731. The number of aliphatic hydroxyl groups is 1. The predicted octanol–water partition coefficient (Wildman–Crippen LogP) is 0.613. The quantitative estimate of drug-likeness (QED) is 0.719. The molecule has 2 N–H and O–H groups in total. The van der Waals surface area contributed by atoms with Crippen molar-refractivity contribution >= 4 is 23.2 Å². The molecule has 19 heavy (non-hydrogen) atoms. The summed E-state index contributed by atoms with van der Waals surface area (Å²) in [5.41, 5.74) is 0.472. The van der Waals surface area contributed by atoms with Gasteiger partial charge in [0.15, 0.2) is 5.15 Å². The van der Waals surface area contributed by atoms with Crippen LogP contribution in [0, 0.1) is 0 Å². The average molecular weight is 288 g/mol. The Morgan fingerprint density at radius 1 is 1.68 bits per heavy atom. The minimum Gasteiger partial charge on any atom is -0.389 e. The fourth-order valence-corrected chi connectivity index (χ4v) is 1.75. The summed E-state index contributed by atoms with van der Waals surface area (Å²) in [5.74, 6) is -0.220. The number of carbonyl (C=O) groups is 1. The van der Waals surface area contributed by atoms with Crippen LogP contribution in [0.4, 0.5) is 5.69 Å². The number of halogens is 1. The van der Waals surface area contributed by atoms with Gasteiger partial charge >= 0.3 is 0 Å². The Morgan fingerprint density at radius 2 is 2.42 bits per heavy atom. The number of hydrogen-bond acceptors (Lipinski definition) is 5. The van der Waals surface area contributed by atoms with Gasteiger partial charge < -0.3 is 15.2 Å². The van der Waals surface area contributed by atoms with Gasteiger partial charge in [0.2, 0.25) is 5.91 Å². The maximum atomic E-state index is 11.8. The molecule has 1 rings (SSSR count). The van der Waals surface area contributed by atoms with Crippen LogP contribution in [0.5, 0.6) is 0 Å². The van der Waals surface area contributed by atoms with Gasteiger partial charge in [-0.15, -0.1) is 0 Å². The number of anilines is 1. The van der Waals surface area contributed by atoms with Gasteiger partial charge in [-0.1, -0.05) is 11.6 Å². The molecule has 1 amide bonds. The number of carbonyl (C=O) groups excluding carboxylic acids is 1. The number of nitrogens with one attached hydrogen (secondary N) is 1. The summed E-state index contributed by atoms with van der Waals surface area (Å²) in [5, 5.41) is 12.4. The first kappa shape index (κ1) is 15.8. The molecule has 0 bridgehead atoms. The van der Waals surface area contributed by atoms with Crippen molar-refractivity contribution in [2.45, 2.75) is 6.10 Å². The standard InChI is InChI=1S/C12H18ClN3O3/c1-16(6-9(17)8-19-2)7-11(18)15-10-4-3-5-14-12(10)13/h3-5,9,17H,6-8H2,1-2H3,(H,15,18). The second-order valence-electron chi connectivity index (χ2n) is 4.20. The Balaban J connectivity index is 2.41. The molecule has 0 aliphatic rings. The van der Waals surface area contributed by atoms with E-state index in [1.807, 2.05) is 0 Å². The molecule has 1 heterocycles. The third-order valence-corrected chi connectivity index (χ3v) is 2.63. The maximum Gasteiger partial charge on any atom is 0.238 e. The summed E-state index contributed by atoms with van der Waals surface area (Å²) in [6.07, 6.45) is 0.926. The molecule has 0 aliphatic carbocycles. The highest BCUT2D eigenvalue weighted by molar-refractivity contribution is 6.32. The lowest BCUT2D eigenvalue weighted by molar-refractivity contribution is -0.117. The average Bonchev–Trinajstić information content (AvgIpc) is 2.31. The zero-order valence-corrected chi connectivity index (χ0v) is 11.7. The Bertz CT molecular complexity index is 417. The highest BCUT2D eigenvalue weighted by Gasteiger charge is 2.12. The molecule has 7 heteroatoms. The van der Waals surface area contributed by atoms with E-state index in [9.17, 15) is 9.90 Å². The van der Waals surface area contributed by atoms with E-state index >= 15 is 0 Å². The zero-order chi connectivity index (χ0) is 14.3. The number of methoxy groups -OCH3 is 1. The number of nitrogens with zero attached hydrogens (tertiary/aromatic N) is 2. The summed E-state index contributed by atoms with van der Waals surface area (Å²) in [4.78, 5) is 17.3. The van der Waals surface area contributed by atoms with Crippen LogP contribution in [0.1, 0.15) is 0 Å². The lowest BCUT2D eigenvalue weighted by Crippen LogP contribution is -2.37. The monoisotopic (exact) mass is 287 g/mol. The van der Waals surface area contributed by atoms with Gasteiger partial charge in [-0.2, -0.15) is 0 Å². The van der Waals surface area contributed by atoms with Gasteiger partial charge in [-0.3, -0.25) is 9.69 Å². The van der Waals surface area contributed by atoms with E-state index in [2.05, 4.69) is 10.3 Å². The molecule has 0 aromatic carbocycles. The SMILES string of the molecule is COCC(O)CN(C)CC(=O)Nc1cccnc1Cl. The van der Waals surface area contributed by atoms with E-state index in [0.29, 0.717) is 12.2 Å². The summed E-state index contributed by atoms with van der Waals surface area (Å²) in [7, 11) is 3.25. The predicted molar refractivity (Wildman–Crippen MR) is 73.3 cm³/mol. The first-order valence-corrected chi connectivity index (χ1v) is 6.16. The lowest BCUT2D eigenvalue weighted by atomic mass is 10.3. The van der Waals surface area contributed by atoms with Crippen molar-refractivity contribution < 1.29 is 14.6 Å². The van der Waals surface area contributed by atoms with Crippen LogP contribution < -0.4 is 5.32 Å². The molecule has 6 nitrogen and oxygen atoms in total. The van der Waals surface area contributed by atoms with Crippen molar-refractivity contribution in [2.75, 3.05) is 39.2 Å². The van der Waals surface area contributed by atoms with Gasteiger partial charge in [-0.25, -0.2) is 4.98 Å². The molecule has 0 saturated carbocycles. The number of aliphatic hydroxyl groups excluding tert-OH is 1. The molecule has 1 unspecified atom stereocenters. The topological polar surface area (TPSA) is 74.7 Å². The fraction of sp³-hybridized carbons (Fsp3) is 0.500. The van der Waals surface area contributed by atoms with Crippen LogP contribution in [-0.4, -0.2) is 60.9 Å². The first-order valence-electron chi connectivity index (χ1n) is 5.79. The molecular formula is C12H18ClN3O3. The molecule has 1 aromatic heterocycles. The van der Waals surface area contributed by atoms with Crippen molar-refractivity contribution in [3.8, 4) is 0 Å². The fourth-order valence-electron chi connectivity index (χ4n) is 1.58. The van der Waals surface area contributed by atoms with E-state index in [1.54, 1.807) is 30.3 Å². The largest absolute Gasteiger partial charge is 0.389 e. The summed E-state index contributed by atoms with van der Waals surface area (Å²) < 4.78 is 4.82. The summed E-state index contributed by atoms with van der Waals surface area (Å²) in [6, 6.07) is 3.36. The molecule has 0 radical (unpaired) electrons. The van der Waals surface area contributed by atoms with Gasteiger partial charge in [-0.05, 0) is 19.2 Å². The Kier molecular flexibility index (Phi) is 6.72. The van der Waals surface area contributed by atoms with E-state index in [0.717, 1.165) is 0 Å². The number of likely N-dealkylation sites (N-methyl/N-ethyl adjacent to an activating group) is 1. The van der Waals surface area contributed by atoms with Gasteiger partial charge in [0, 0.05) is 19.9 Å². The Labute approximate surface area is 117 Å². The zero-order valence-electron chi connectivity index (χ0n) is 11.0. The van der Waals surface area contributed by atoms with Crippen molar-refractivity contribution in [2.24, 2.45) is 0 Å². The van der Waals surface area contributed by atoms with E-state index < -0.39 is 6.10 Å². The minimum absolute atomic E-state index is 0.145. The Hall–Kier alpha value is -1.21. The third-order valence-electron chi connectivity index (χ3n) is 2.33. The van der Waals surface area contributed by atoms with Crippen LogP contribution >= 0.6 is 11.6 Å². The summed E-state index contributed by atoms with van der Waals surface area (Å²) >= 11 is 5.83. The van der Waals surface area contributed by atoms with Crippen LogP contribution in [0.25, 0.3) is 0 Å². The van der Waals surface area contributed by atoms with Gasteiger partial charge in [0.1, 0.15) is 0 Å². The highest BCUT2D eigenvalue weighted by atomic mass is 35.5. The third kappa shape index (κ3) is 5.98. The van der Waals surface area contributed by atoms with Crippen LogP contribution in [-0.2, 0) is 9.53 Å². The second kappa shape index (κ2) is 8.06. The smallest absolute Gasteiger partial charge is 0.238 e. The number of amides is 1. The maximum absolute atomic E-state index is 11.8. The molecule has 0 fully saturated rings. The molecule has 0 saturated heterocycles. The number of rotatable bonds is 7. The number of hydrogen-bond donors (Lipinski definition) is 2. The van der Waals surface area contributed by atoms with Crippen LogP contribution in [0.3, 0.4) is 0 Å². The van der Waals surface area contributed by atoms with Crippen molar-refractivity contribution in [3.63, 3.8) is 0 Å². The highest BCUT2D eigenvalue weighted by Crippen LogP contribution is 2.17. The molecule has 1 atom stereocenters. The number of aromatic nitrogens is 1. The lowest BCUT2D eigenvalue weighted by Gasteiger charge is -2.19. The van der Waals surface area contributed by atoms with Gasteiger partial charge in [0.25, 0.3) is 0 Å². The van der Waals surface area contributed by atoms with E-state index in [-0.39, 0.29) is 24.2 Å². The van der Waals surface area contributed by atoms with E-state index in [4.69, 9.17) is 16.3 Å². The van der Waals surface area contributed by atoms with Crippen molar-refractivity contribution in [3.05, 3.63) is 23.5 Å². The van der Waals surface area contributed by atoms with Crippen LogP contribution in [0.2, 0.25) is 5.15 Å². The molecule has 0 aliphatic heterocycles. The minimum atomic E-state index is -0.621. The second-order valence-corrected chi connectivity index (χ2v) is 4.55. The first-order chi connectivity index (χ1) is 9.02. The van der Waals surface area contributed by atoms with Crippen molar-refractivity contribution in [1.82, 2.24) is 9.88 Å². The van der Waals surface area contributed by atoms with E-state index in [1.165, 1.54) is 7.11 Å². The molecule has 0 spiro atoms.